The fourth-order valence-electron chi connectivity index (χ4n) is 2.10. The molecule has 0 aromatic heterocycles. The minimum absolute atomic E-state index is 0.0457. The summed E-state index contributed by atoms with van der Waals surface area (Å²) < 4.78 is 26.9. The highest BCUT2D eigenvalue weighted by atomic mass is 32.2. The van der Waals surface area contributed by atoms with Gasteiger partial charge < -0.3 is 10.9 Å². The van der Waals surface area contributed by atoms with Crippen molar-refractivity contribution in [2.45, 2.75) is 38.6 Å². The summed E-state index contributed by atoms with van der Waals surface area (Å²) in [6.45, 7) is 3.76. The molecule has 0 radical (unpaired) electrons. The van der Waals surface area contributed by atoms with E-state index in [-0.39, 0.29) is 17.5 Å². The summed E-state index contributed by atoms with van der Waals surface area (Å²) in [6.07, 6.45) is 1.20. The van der Waals surface area contributed by atoms with Gasteiger partial charge in [0.1, 0.15) is 0 Å². The van der Waals surface area contributed by atoms with Crippen molar-refractivity contribution >= 4 is 15.9 Å². The number of benzene rings is 1. The predicted molar refractivity (Wildman–Crippen MR) is 83.9 cm³/mol. The normalized spacial score (nSPS) is 15.6. The van der Waals surface area contributed by atoms with Gasteiger partial charge in [0.2, 0.25) is 10.0 Å². The van der Waals surface area contributed by atoms with Gasteiger partial charge in [-0.1, -0.05) is 55.8 Å². The summed E-state index contributed by atoms with van der Waals surface area (Å²) in [7, 11) is -3.53. The maximum absolute atomic E-state index is 12.2. The minimum Gasteiger partial charge on any atom is -0.409 e. The second-order valence-electron chi connectivity index (χ2n) is 5.08. The van der Waals surface area contributed by atoms with Crippen molar-refractivity contribution in [3.8, 4) is 0 Å². The first kappa shape index (κ1) is 17.5. The molecule has 0 aliphatic heterocycles. The first-order valence-corrected chi connectivity index (χ1v) is 8.57. The van der Waals surface area contributed by atoms with Gasteiger partial charge in [-0.3, -0.25) is 0 Å². The molecule has 0 heterocycles. The molecule has 0 saturated heterocycles. The third-order valence-electron chi connectivity index (χ3n) is 3.21. The van der Waals surface area contributed by atoms with Gasteiger partial charge in [-0.15, -0.1) is 0 Å². The SMILES string of the molecule is CCCC(NS(=O)(=O)CC(C)c1ccccc1)/C(N)=N/O. The first-order chi connectivity index (χ1) is 9.89. The number of amidine groups is 1. The Kier molecular flexibility index (Phi) is 6.64. The maximum Gasteiger partial charge on any atom is 0.212 e. The number of sulfonamides is 1. The van der Waals surface area contributed by atoms with Crippen molar-refractivity contribution in [3.05, 3.63) is 35.9 Å². The average Bonchev–Trinajstić information content (AvgIpc) is 2.46. The van der Waals surface area contributed by atoms with Crippen LogP contribution in [0.15, 0.2) is 35.5 Å². The Morgan fingerprint density at radius 1 is 1.38 bits per heavy atom. The molecular formula is C14H23N3O3S. The molecule has 118 valence electrons. The van der Waals surface area contributed by atoms with Crippen LogP contribution in [0.5, 0.6) is 0 Å². The number of hydrogen-bond acceptors (Lipinski definition) is 4. The second-order valence-corrected chi connectivity index (χ2v) is 6.88. The lowest BCUT2D eigenvalue weighted by molar-refractivity contribution is 0.315. The lowest BCUT2D eigenvalue weighted by atomic mass is 10.0. The van der Waals surface area contributed by atoms with E-state index in [9.17, 15) is 8.42 Å². The van der Waals surface area contributed by atoms with Crippen LogP contribution in [0, 0.1) is 0 Å². The van der Waals surface area contributed by atoms with Crippen LogP contribution < -0.4 is 10.5 Å². The summed E-state index contributed by atoms with van der Waals surface area (Å²) in [5.74, 6) is -0.304. The Morgan fingerprint density at radius 3 is 2.52 bits per heavy atom. The van der Waals surface area contributed by atoms with E-state index in [1.165, 1.54) is 0 Å². The molecule has 4 N–H and O–H groups in total. The van der Waals surface area contributed by atoms with Crippen LogP contribution in [0.25, 0.3) is 0 Å². The smallest absolute Gasteiger partial charge is 0.212 e. The van der Waals surface area contributed by atoms with Gasteiger partial charge in [-0.05, 0) is 17.9 Å². The van der Waals surface area contributed by atoms with Crippen molar-refractivity contribution in [1.82, 2.24) is 4.72 Å². The summed E-state index contributed by atoms with van der Waals surface area (Å²) in [5.41, 5.74) is 6.48. The van der Waals surface area contributed by atoms with Crippen LogP contribution in [0.2, 0.25) is 0 Å². The number of oxime groups is 1. The summed E-state index contributed by atoms with van der Waals surface area (Å²) in [4.78, 5) is 0. The van der Waals surface area contributed by atoms with E-state index < -0.39 is 16.1 Å². The quantitative estimate of drug-likeness (QED) is 0.293. The number of hydrogen-bond donors (Lipinski definition) is 3. The molecule has 0 aliphatic carbocycles. The van der Waals surface area contributed by atoms with E-state index in [1.807, 2.05) is 44.2 Å². The first-order valence-electron chi connectivity index (χ1n) is 6.92. The van der Waals surface area contributed by atoms with Crippen LogP contribution in [0.3, 0.4) is 0 Å². The molecule has 21 heavy (non-hydrogen) atoms. The zero-order valence-electron chi connectivity index (χ0n) is 12.4. The number of nitrogens with zero attached hydrogens (tertiary/aromatic N) is 1. The van der Waals surface area contributed by atoms with Crippen molar-refractivity contribution in [1.29, 1.82) is 0 Å². The van der Waals surface area contributed by atoms with Gasteiger partial charge in [0.05, 0.1) is 11.8 Å². The van der Waals surface area contributed by atoms with E-state index in [1.54, 1.807) is 0 Å². The highest BCUT2D eigenvalue weighted by molar-refractivity contribution is 7.89. The summed E-state index contributed by atoms with van der Waals surface area (Å²) in [5, 5.41) is 11.6. The van der Waals surface area contributed by atoms with Crippen LogP contribution in [-0.4, -0.2) is 31.3 Å². The Bertz CT molecular complexity index is 558. The van der Waals surface area contributed by atoms with Gasteiger partial charge in [-0.25, -0.2) is 13.1 Å². The molecule has 0 fully saturated rings. The third-order valence-corrected chi connectivity index (χ3v) is 4.79. The van der Waals surface area contributed by atoms with Gasteiger partial charge in [0.25, 0.3) is 0 Å². The van der Waals surface area contributed by atoms with Crippen LogP contribution in [0.1, 0.15) is 38.2 Å². The standard InChI is InChI=1S/C14H23N3O3S/c1-3-7-13(14(15)16-18)17-21(19,20)10-11(2)12-8-5-4-6-9-12/h4-6,8-9,11,13,17-18H,3,7,10H2,1-2H3,(H2,15,16). The lowest BCUT2D eigenvalue weighted by Crippen LogP contribution is -2.45. The van der Waals surface area contributed by atoms with Crippen LogP contribution in [0.4, 0.5) is 0 Å². The van der Waals surface area contributed by atoms with Gasteiger partial charge in [0, 0.05) is 0 Å². The Morgan fingerprint density at radius 2 is 2.00 bits per heavy atom. The van der Waals surface area contributed by atoms with Crippen molar-refractivity contribution in [3.63, 3.8) is 0 Å². The molecule has 6 nitrogen and oxygen atoms in total. The highest BCUT2D eigenvalue weighted by Gasteiger charge is 2.23. The molecule has 0 amide bonds. The summed E-state index contributed by atoms with van der Waals surface area (Å²) >= 11 is 0. The molecule has 0 bridgehead atoms. The lowest BCUT2D eigenvalue weighted by Gasteiger charge is -2.19. The zero-order valence-corrected chi connectivity index (χ0v) is 13.2. The van der Waals surface area contributed by atoms with Crippen molar-refractivity contribution < 1.29 is 13.6 Å². The number of nitrogens with two attached hydrogens (primary N) is 1. The monoisotopic (exact) mass is 313 g/mol. The maximum atomic E-state index is 12.2. The minimum atomic E-state index is -3.53. The average molecular weight is 313 g/mol. The van der Waals surface area contributed by atoms with E-state index in [0.717, 1.165) is 12.0 Å². The van der Waals surface area contributed by atoms with Crippen LogP contribution in [-0.2, 0) is 10.0 Å². The third kappa shape index (κ3) is 5.73. The Balaban J connectivity index is 2.76. The van der Waals surface area contributed by atoms with Crippen molar-refractivity contribution in [2.75, 3.05) is 5.75 Å². The van der Waals surface area contributed by atoms with E-state index in [0.29, 0.717) is 6.42 Å². The molecule has 7 heteroatoms. The van der Waals surface area contributed by atoms with Gasteiger partial charge in [-0.2, -0.15) is 0 Å². The molecule has 1 aromatic rings. The fourth-order valence-corrected chi connectivity index (χ4v) is 3.72. The molecule has 2 unspecified atom stereocenters. The summed E-state index contributed by atoms with van der Waals surface area (Å²) in [6, 6.07) is 8.76. The second kappa shape index (κ2) is 7.99. The molecule has 1 rings (SSSR count). The van der Waals surface area contributed by atoms with Crippen molar-refractivity contribution in [2.24, 2.45) is 10.9 Å². The number of nitrogens with one attached hydrogen (secondary N) is 1. The highest BCUT2D eigenvalue weighted by Crippen LogP contribution is 2.16. The van der Waals surface area contributed by atoms with E-state index >= 15 is 0 Å². The van der Waals surface area contributed by atoms with E-state index in [2.05, 4.69) is 9.88 Å². The zero-order chi connectivity index (χ0) is 15.9. The molecule has 0 spiro atoms. The fraction of sp³-hybridized carbons (Fsp3) is 0.500. The molecule has 2 atom stereocenters. The molecule has 0 aliphatic rings. The topological polar surface area (TPSA) is 105 Å². The Hall–Kier alpha value is -1.60. The Labute approximate surface area is 126 Å². The molecule has 0 saturated carbocycles. The predicted octanol–water partition coefficient (Wildman–Crippen LogP) is 1.62. The molecule has 1 aromatic carbocycles. The van der Waals surface area contributed by atoms with Crippen LogP contribution >= 0.6 is 0 Å². The number of rotatable bonds is 8. The largest absolute Gasteiger partial charge is 0.409 e. The van der Waals surface area contributed by atoms with E-state index in [4.69, 9.17) is 10.9 Å². The molecular weight excluding hydrogens is 290 g/mol. The van der Waals surface area contributed by atoms with Gasteiger partial charge >= 0.3 is 0 Å². The van der Waals surface area contributed by atoms with Gasteiger partial charge in [0.15, 0.2) is 5.84 Å².